The summed E-state index contributed by atoms with van der Waals surface area (Å²) in [7, 11) is 0. The molecule has 2 rings (SSSR count). The van der Waals surface area contributed by atoms with E-state index in [1.54, 1.807) is 0 Å². The van der Waals surface area contributed by atoms with Gasteiger partial charge in [0, 0.05) is 18.3 Å². The number of aromatic nitrogens is 2. The first-order valence-corrected chi connectivity index (χ1v) is 6.41. The first kappa shape index (κ1) is 12.7. The van der Waals surface area contributed by atoms with Crippen LogP contribution in [0.3, 0.4) is 0 Å². The standard InChI is InChI=1S/C15H19N3/c1-2-14-13(8-9-16)11-17-15(18-14)10-12-6-4-3-5-7-12/h3-7,11H,2,8-10,16H2,1H3. The maximum absolute atomic E-state index is 5.59. The number of hydrogen-bond acceptors (Lipinski definition) is 3. The Bertz CT molecular complexity index is 494. The van der Waals surface area contributed by atoms with Crippen LogP contribution in [-0.2, 0) is 19.3 Å². The highest BCUT2D eigenvalue weighted by molar-refractivity contribution is 5.22. The third-order valence-corrected chi connectivity index (χ3v) is 2.96. The monoisotopic (exact) mass is 241 g/mol. The fourth-order valence-corrected chi connectivity index (χ4v) is 2.02. The highest BCUT2D eigenvalue weighted by atomic mass is 14.9. The molecule has 0 unspecified atom stereocenters. The molecule has 0 spiro atoms. The molecule has 2 N–H and O–H groups in total. The van der Waals surface area contributed by atoms with E-state index in [2.05, 4.69) is 29.0 Å². The minimum Gasteiger partial charge on any atom is -0.330 e. The van der Waals surface area contributed by atoms with Crippen molar-refractivity contribution in [3.63, 3.8) is 0 Å². The first-order valence-electron chi connectivity index (χ1n) is 6.41. The van der Waals surface area contributed by atoms with E-state index in [-0.39, 0.29) is 0 Å². The third-order valence-electron chi connectivity index (χ3n) is 2.96. The highest BCUT2D eigenvalue weighted by Gasteiger charge is 2.05. The van der Waals surface area contributed by atoms with Gasteiger partial charge in [-0.15, -0.1) is 0 Å². The molecule has 1 heterocycles. The lowest BCUT2D eigenvalue weighted by Gasteiger charge is -2.08. The van der Waals surface area contributed by atoms with E-state index in [9.17, 15) is 0 Å². The average molecular weight is 241 g/mol. The molecule has 0 aliphatic heterocycles. The largest absolute Gasteiger partial charge is 0.330 e. The molecule has 94 valence electrons. The Morgan fingerprint density at radius 3 is 2.61 bits per heavy atom. The Hall–Kier alpha value is -1.74. The molecule has 0 atom stereocenters. The van der Waals surface area contributed by atoms with Gasteiger partial charge in [-0.3, -0.25) is 0 Å². The molecule has 0 aliphatic rings. The smallest absolute Gasteiger partial charge is 0.132 e. The summed E-state index contributed by atoms with van der Waals surface area (Å²) < 4.78 is 0. The normalized spacial score (nSPS) is 10.6. The van der Waals surface area contributed by atoms with Gasteiger partial charge in [-0.25, -0.2) is 9.97 Å². The van der Waals surface area contributed by atoms with E-state index in [0.717, 1.165) is 30.8 Å². The summed E-state index contributed by atoms with van der Waals surface area (Å²) in [5.74, 6) is 0.888. The van der Waals surface area contributed by atoms with Gasteiger partial charge in [0.1, 0.15) is 5.82 Å². The first-order chi connectivity index (χ1) is 8.83. The van der Waals surface area contributed by atoms with Crippen molar-refractivity contribution in [2.24, 2.45) is 5.73 Å². The van der Waals surface area contributed by atoms with E-state index in [0.29, 0.717) is 6.54 Å². The van der Waals surface area contributed by atoms with Crippen molar-refractivity contribution in [3.05, 3.63) is 59.2 Å². The molecule has 0 amide bonds. The lowest BCUT2D eigenvalue weighted by molar-refractivity contribution is 0.845. The molecule has 0 saturated carbocycles. The fraction of sp³-hybridized carbons (Fsp3) is 0.333. The van der Waals surface area contributed by atoms with Crippen molar-refractivity contribution < 1.29 is 0 Å². The van der Waals surface area contributed by atoms with Crippen LogP contribution >= 0.6 is 0 Å². The molecule has 0 saturated heterocycles. The molecule has 0 aliphatic carbocycles. The molecule has 0 fully saturated rings. The van der Waals surface area contributed by atoms with Crippen LogP contribution in [-0.4, -0.2) is 16.5 Å². The lowest BCUT2D eigenvalue weighted by Crippen LogP contribution is -2.09. The molecule has 1 aromatic carbocycles. The predicted molar refractivity (Wildman–Crippen MR) is 73.4 cm³/mol. The Balaban J connectivity index is 2.19. The van der Waals surface area contributed by atoms with Crippen molar-refractivity contribution >= 4 is 0 Å². The van der Waals surface area contributed by atoms with Crippen LogP contribution in [0.5, 0.6) is 0 Å². The second kappa shape index (κ2) is 6.26. The van der Waals surface area contributed by atoms with Crippen molar-refractivity contribution in [3.8, 4) is 0 Å². The van der Waals surface area contributed by atoms with Crippen LogP contribution in [0.4, 0.5) is 0 Å². The van der Waals surface area contributed by atoms with Gasteiger partial charge in [0.05, 0.1) is 0 Å². The summed E-state index contributed by atoms with van der Waals surface area (Å²) >= 11 is 0. The summed E-state index contributed by atoms with van der Waals surface area (Å²) in [6.07, 6.45) is 4.50. The molecule has 3 heteroatoms. The van der Waals surface area contributed by atoms with Crippen LogP contribution in [0, 0.1) is 0 Å². The quantitative estimate of drug-likeness (QED) is 0.872. The van der Waals surface area contributed by atoms with Crippen molar-refractivity contribution in [2.45, 2.75) is 26.2 Å². The fourth-order valence-electron chi connectivity index (χ4n) is 2.02. The average Bonchev–Trinajstić information content (AvgIpc) is 2.42. The Morgan fingerprint density at radius 2 is 1.94 bits per heavy atom. The Morgan fingerprint density at radius 1 is 1.17 bits per heavy atom. The molecule has 0 bridgehead atoms. The van der Waals surface area contributed by atoms with Crippen LogP contribution < -0.4 is 5.73 Å². The van der Waals surface area contributed by atoms with Crippen LogP contribution in [0.25, 0.3) is 0 Å². The molecule has 3 nitrogen and oxygen atoms in total. The SMILES string of the molecule is CCc1nc(Cc2ccccc2)ncc1CCN. The molecule has 0 radical (unpaired) electrons. The maximum Gasteiger partial charge on any atom is 0.132 e. The topological polar surface area (TPSA) is 51.8 Å². The second-order valence-corrected chi connectivity index (χ2v) is 4.31. The van der Waals surface area contributed by atoms with Gasteiger partial charge in [-0.1, -0.05) is 37.3 Å². The third kappa shape index (κ3) is 3.14. The molecule has 1 aromatic heterocycles. The zero-order valence-corrected chi connectivity index (χ0v) is 10.8. The van der Waals surface area contributed by atoms with E-state index in [1.807, 2.05) is 24.4 Å². The van der Waals surface area contributed by atoms with Crippen molar-refractivity contribution in [1.82, 2.24) is 9.97 Å². The Labute approximate surface area is 108 Å². The molecular formula is C15H19N3. The van der Waals surface area contributed by atoms with Crippen LogP contribution in [0.2, 0.25) is 0 Å². The molecule has 18 heavy (non-hydrogen) atoms. The van der Waals surface area contributed by atoms with E-state index in [1.165, 1.54) is 11.1 Å². The number of hydrogen-bond donors (Lipinski definition) is 1. The number of benzene rings is 1. The zero-order valence-electron chi connectivity index (χ0n) is 10.8. The number of rotatable bonds is 5. The minimum atomic E-state index is 0.647. The highest BCUT2D eigenvalue weighted by Crippen LogP contribution is 2.10. The predicted octanol–water partition coefficient (Wildman–Crippen LogP) is 2.13. The number of aryl methyl sites for hydroxylation is 1. The second-order valence-electron chi connectivity index (χ2n) is 4.31. The lowest BCUT2D eigenvalue weighted by atomic mass is 10.1. The van der Waals surface area contributed by atoms with Crippen LogP contribution in [0.1, 0.15) is 29.6 Å². The van der Waals surface area contributed by atoms with Gasteiger partial charge < -0.3 is 5.73 Å². The number of nitrogens with two attached hydrogens (primary N) is 1. The van der Waals surface area contributed by atoms with Gasteiger partial charge in [0.25, 0.3) is 0 Å². The van der Waals surface area contributed by atoms with Gasteiger partial charge in [0.2, 0.25) is 0 Å². The molecular weight excluding hydrogens is 222 g/mol. The summed E-state index contributed by atoms with van der Waals surface area (Å²) in [4.78, 5) is 9.07. The van der Waals surface area contributed by atoms with Crippen molar-refractivity contribution in [2.75, 3.05) is 6.54 Å². The van der Waals surface area contributed by atoms with E-state index >= 15 is 0 Å². The maximum atomic E-state index is 5.59. The van der Waals surface area contributed by atoms with Gasteiger partial charge in [-0.05, 0) is 30.5 Å². The summed E-state index contributed by atoms with van der Waals surface area (Å²) in [6.45, 7) is 2.77. The van der Waals surface area contributed by atoms with Gasteiger partial charge >= 0.3 is 0 Å². The van der Waals surface area contributed by atoms with Crippen molar-refractivity contribution in [1.29, 1.82) is 0 Å². The van der Waals surface area contributed by atoms with Gasteiger partial charge in [-0.2, -0.15) is 0 Å². The van der Waals surface area contributed by atoms with E-state index < -0.39 is 0 Å². The van der Waals surface area contributed by atoms with Crippen LogP contribution in [0.15, 0.2) is 36.5 Å². The summed E-state index contributed by atoms with van der Waals surface area (Å²) in [5.41, 5.74) is 9.14. The minimum absolute atomic E-state index is 0.647. The van der Waals surface area contributed by atoms with Gasteiger partial charge in [0.15, 0.2) is 0 Å². The van der Waals surface area contributed by atoms with E-state index in [4.69, 9.17) is 5.73 Å². The summed E-state index contributed by atoms with van der Waals surface area (Å²) in [6, 6.07) is 10.3. The number of nitrogens with zero attached hydrogens (tertiary/aromatic N) is 2. The zero-order chi connectivity index (χ0) is 12.8. The summed E-state index contributed by atoms with van der Waals surface area (Å²) in [5, 5.41) is 0. The molecule has 2 aromatic rings. The Kier molecular flexibility index (Phi) is 4.42.